The van der Waals surface area contributed by atoms with Gasteiger partial charge in [-0.2, -0.15) is 0 Å². The van der Waals surface area contributed by atoms with Crippen molar-refractivity contribution in [2.75, 3.05) is 7.11 Å². The van der Waals surface area contributed by atoms with E-state index in [2.05, 4.69) is 15.9 Å². The molecule has 2 aromatic rings. The molecule has 2 N–H and O–H groups in total. The summed E-state index contributed by atoms with van der Waals surface area (Å²) in [4.78, 5) is 0. The summed E-state index contributed by atoms with van der Waals surface area (Å²) in [6, 6.07) is 7.11. The predicted octanol–water partition coefficient (Wildman–Crippen LogP) is 4.95. The van der Waals surface area contributed by atoms with E-state index in [1.807, 2.05) is 0 Å². The molecule has 0 amide bonds. The molecule has 2 rings (SSSR count). The fraction of sp³-hybridized carbons (Fsp3) is 0.143. The molecule has 2 nitrogen and oxygen atoms in total. The molecule has 0 saturated carbocycles. The number of methoxy groups -OCH3 is 1. The Balaban J connectivity index is 2.51. The first-order valence-electron chi connectivity index (χ1n) is 5.67. The van der Waals surface area contributed by atoms with Crippen molar-refractivity contribution in [3.8, 4) is 5.75 Å². The fourth-order valence-electron chi connectivity index (χ4n) is 1.89. The van der Waals surface area contributed by atoms with Gasteiger partial charge in [-0.25, -0.2) is 4.39 Å². The predicted molar refractivity (Wildman–Crippen MR) is 83.1 cm³/mol. The van der Waals surface area contributed by atoms with Gasteiger partial charge in [-0.1, -0.05) is 29.3 Å². The highest BCUT2D eigenvalue weighted by Gasteiger charge is 2.19. The van der Waals surface area contributed by atoms with Crippen LogP contribution >= 0.6 is 39.1 Å². The van der Waals surface area contributed by atoms with Crippen molar-refractivity contribution < 1.29 is 9.13 Å². The Labute approximate surface area is 134 Å². The molecule has 0 bridgehead atoms. The van der Waals surface area contributed by atoms with Gasteiger partial charge in [0, 0.05) is 20.6 Å². The maximum absolute atomic E-state index is 14.0. The van der Waals surface area contributed by atoms with Gasteiger partial charge in [0.15, 0.2) is 0 Å². The zero-order valence-corrected chi connectivity index (χ0v) is 13.6. The largest absolute Gasteiger partial charge is 0.496 e. The van der Waals surface area contributed by atoms with Crippen LogP contribution in [0.25, 0.3) is 0 Å². The summed E-state index contributed by atoms with van der Waals surface area (Å²) in [6.07, 6.45) is 0. The number of halogens is 4. The van der Waals surface area contributed by atoms with Gasteiger partial charge in [0.1, 0.15) is 11.6 Å². The highest BCUT2D eigenvalue weighted by molar-refractivity contribution is 9.10. The first-order chi connectivity index (χ1) is 9.43. The topological polar surface area (TPSA) is 35.2 Å². The van der Waals surface area contributed by atoms with Gasteiger partial charge in [-0.15, -0.1) is 0 Å². The van der Waals surface area contributed by atoms with Crippen molar-refractivity contribution in [3.63, 3.8) is 0 Å². The normalized spacial score (nSPS) is 12.3. The average Bonchev–Trinajstić information content (AvgIpc) is 2.42. The molecule has 0 heterocycles. The van der Waals surface area contributed by atoms with Gasteiger partial charge in [-0.05, 0) is 40.2 Å². The van der Waals surface area contributed by atoms with Crippen LogP contribution in [-0.2, 0) is 0 Å². The average molecular weight is 379 g/mol. The Morgan fingerprint density at radius 2 is 1.90 bits per heavy atom. The number of benzene rings is 2. The summed E-state index contributed by atoms with van der Waals surface area (Å²) < 4.78 is 19.8. The lowest BCUT2D eigenvalue weighted by Crippen LogP contribution is -2.15. The second-order valence-corrected chi connectivity index (χ2v) is 5.85. The lowest BCUT2D eigenvalue weighted by Gasteiger charge is -2.17. The third-order valence-electron chi connectivity index (χ3n) is 2.91. The summed E-state index contributed by atoms with van der Waals surface area (Å²) in [5, 5.41) is 0.914. The van der Waals surface area contributed by atoms with Gasteiger partial charge in [0.2, 0.25) is 0 Å². The van der Waals surface area contributed by atoms with Gasteiger partial charge in [0.25, 0.3) is 0 Å². The van der Waals surface area contributed by atoms with Crippen molar-refractivity contribution in [2.45, 2.75) is 6.04 Å². The summed E-state index contributed by atoms with van der Waals surface area (Å²) >= 11 is 15.1. The molecule has 0 fully saturated rings. The fourth-order valence-corrected chi connectivity index (χ4v) is 2.54. The minimum atomic E-state index is -0.701. The third-order valence-corrected chi connectivity index (χ3v) is 4.34. The molecule has 2 aromatic carbocycles. The van der Waals surface area contributed by atoms with E-state index in [0.29, 0.717) is 31.4 Å². The highest BCUT2D eigenvalue weighted by Crippen LogP contribution is 2.34. The zero-order chi connectivity index (χ0) is 14.9. The summed E-state index contributed by atoms with van der Waals surface area (Å²) in [6.45, 7) is 0. The lowest BCUT2D eigenvalue weighted by atomic mass is 9.98. The van der Waals surface area contributed by atoms with Crippen molar-refractivity contribution >= 4 is 39.1 Å². The van der Waals surface area contributed by atoms with Crippen molar-refractivity contribution in [2.24, 2.45) is 5.73 Å². The van der Waals surface area contributed by atoms with E-state index >= 15 is 0 Å². The standard InChI is InChI=1S/C14H11BrCl2FNO/c1-20-13-4-7(16)2-3-8(13)14(19)9-5-11(17)10(15)6-12(9)18/h2-6,14H,19H2,1H3. The quantitative estimate of drug-likeness (QED) is 0.766. The third kappa shape index (κ3) is 3.09. The maximum Gasteiger partial charge on any atom is 0.129 e. The van der Waals surface area contributed by atoms with Gasteiger partial charge in [-0.3, -0.25) is 0 Å². The van der Waals surface area contributed by atoms with Crippen LogP contribution in [0.5, 0.6) is 5.75 Å². The molecular weight excluding hydrogens is 368 g/mol. The number of nitrogens with two attached hydrogens (primary N) is 1. The second-order valence-electron chi connectivity index (χ2n) is 4.15. The Bertz CT molecular complexity index is 651. The summed E-state index contributed by atoms with van der Waals surface area (Å²) in [7, 11) is 1.51. The van der Waals surface area contributed by atoms with Crippen LogP contribution in [0.3, 0.4) is 0 Å². The minimum Gasteiger partial charge on any atom is -0.496 e. The van der Waals surface area contributed by atoms with Gasteiger partial charge >= 0.3 is 0 Å². The maximum atomic E-state index is 14.0. The van der Waals surface area contributed by atoms with E-state index < -0.39 is 11.9 Å². The van der Waals surface area contributed by atoms with Crippen LogP contribution in [0.2, 0.25) is 10.0 Å². The number of rotatable bonds is 3. The number of hydrogen-bond acceptors (Lipinski definition) is 2. The Morgan fingerprint density at radius 3 is 2.55 bits per heavy atom. The van der Waals surface area contributed by atoms with Crippen molar-refractivity contribution in [1.29, 1.82) is 0 Å². The van der Waals surface area contributed by atoms with Crippen LogP contribution < -0.4 is 10.5 Å². The van der Waals surface area contributed by atoms with Crippen LogP contribution in [0.15, 0.2) is 34.8 Å². The van der Waals surface area contributed by atoms with Crippen LogP contribution in [0.1, 0.15) is 17.2 Å². The monoisotopic (exact) mass is 377 g/mol. The molecule has 1 atom stereocenters. The molecule has 6 heteroatoms. The molecule has 0 aliphatic rings. The molecule has 0 saturated heterocycles. The first-order valence-corrected chi connectivity index (χ1v) is 7.22. The molecule has 106 valence electrons. The van der Waals surface area contributed by atoms with E-state index in [1.165, 1.54) is 19.2 Å². The summed E-state index contributed by atoms with van der Waals surface area (Å²) in [5.41, 5.74) is 7.05. The molecular formula is C14H11BrCl2FNO. The Hall–Kier alpha value is -0.810. The molecule has 0 radical (unpaired) electrons. The summed E-state index contributed by atoms with van der Waals surface area (Å²) in [5.74, 6) is 0.0641. The molecule has 0 aliphatic heterocycles. The van der Waals surface area contributed by atoms with Crippen molar-refractivity contribution in [1.82, 2.24) is 0 Å². The highest BCUT2D eigenvalue weighted by atomic mass is 79.9. The Kier molecular flexibility index (Phi) is 4.91. The van der Waals surface area contributed by atoms with E-state index in [1.54, 1.807) is 18.2 Å². The molecule has 0 spiro atoms. The SMILES string of the molecule is COc1cc(Cl)ccc1C(N)c1cc(Cl)c(Br)cc1F. The van der Waals surface area contributed by atoms with Crippen LogP contribution in [0.4, 0.5) is 4.39 Å². The molecule has 1 unspecified atom stereocenters. The van der Waals surface area contributed by atoms with E-state index in [9.17, 15) is 4.39 Å². The van der Waals surface area contributed by atoms with Gasteiger partial charge < -0.3 is 10.5 Å². The minimum absolute atomic E-state index is 0.291. The number of hydrogen-bond donors (Lipinski definition) is 1. The lowest BCUT2D eigenvalue weighted by molar-refractivity contribution is 0.407. The van der Waals surface area contributed by atoms with Crippen molar-refractivity contribution in [3.05, 3.63) is 61.8 Å². The van der Waals surface area contributed by atoms with Crippen LogP contribution in [-0.4, -0.2) is 7.11 Å². The molecule has 20 heavy (non-hydrogen) atoms. The molecule has 0 aliphatic carbocycles. The Morgan fingerprint density at radius 1 is 1.20 bits per heavy atom. The number of ether oxygens (including phenoxy) is 1. The molecule has 0 aromatic heterocycles. The zero-order valence-electron chi connectivity index (χ0n) is 10.5. The first kappa shape index (κ1) is 15.6. The van der Waals surface area contributed by atoms with E-state index in [0.717, 1.165) is 0 Å². The smallest absolute Gasteiger partial charge is 0.129 e. The van der Waals surface area contributed by atoms with E-state index in [-0.39, 0.29) is 0 Å². The van der Waals surface area contributed by atoms with Gasteiger partial charge in [0.05, 0.1) is 18.2 Å². The van der Waals surface area contributed by atoms with Crippen LogP contribution in [0, 0.1) is 5.82 Å². The second kappa shape index (κ2) is 6.31. The van der Waals surface area contributed by atoms with E-state index in [4.69, 9.17) is 33.7 Å².